The Balaban J connectivity index is 2.04. The van der Waals surface area contributed by atoms with Gasteiger partial charge in [0, 0.05) is 5.56 Å². The van der Waals surface area contributed by atoms with Gasteiger partial charge < -0.3 is 20.1 Å². The van der Waals surface area contributed by atoms with Gasteiger partial charge in [0.1, 0.15) is 6.17 Å². The van der Waals surface area contributed by atoms with E-state index in [1.165, 1.54) is 0 Å². The predicted octanol–water partition coefficient (Wildman–Crippen LogP) is 3.64. The summed E-state index contributed by atoms with van der Waals surface area (Å²) in [6, 6.07) is 11.4. The first-order chi connectivity index (χ1) is 11.5. The molecule has 1 heterocycles. The summed E-state index contributed by atoms with van der Waals surface area (Å²) >= 11 is 0. The highest BCUT2D eigenvalue weighted by Crippen LogP contribution is 2.38. The second-order valence-corrected chi connectivity index (χ2v) is 6.09. The number of carbonyl (C=O) groups is 1. The number of fused-ring (bicyclic) bond motifs is 1. The number of hydrogen-bond acceptors (Lipinski definition) is 4. The third-order valence-electron chi connectivity index (χ3n) is 3.98. The van der Waals surface area contributed by atoms with Gasteiger partial charge >= 0.3 is 0 Å². The highest BCUT2D eigenvalue weighted by molar-refractivity contribution is 6.02. The van der Waals surface area contributed by atoms with Crippen LogP contribution in [-0.2, 0) is 0 Å². The minimum absolute atomic E-state index is 0.00614. The van der Waals surface area contributed by atoms with Crippen LogP contribution in [0.5, 0.6) is 11.5 Å². The van der Waals surface area contributed by atoms with E-state index < -0.39 is 0 Å². The number of methoxy groups -OCH3 is 1. The Morgan fingerprint density at radius 3 is 2.54 bits per heavy atom. The molecule has 0 radical (unpaired) electrons. The van der Waals surface area contributed by atoms with Crippen molar-refractivity contribution in [3.05, 3.63) is 53.1 Å². The molecule has 126 valence electrons. The van der Waals surface area contributed by atoms with Crippen LogP contribution in [0, 0.1) is 6.92 Å². The monoisotopic (exact) mass is 326 g/mol. The van der Waals surface area contributed by atoms with Gasteiger partial charge in [-0.2, -0.15) is 0 Å². The fourth-order valence-electron chi connectivity index (χ4n) is 2.88. The van der Waals surface area contributed by atoms with Gasteiger partial charge in [0.05, 0.1) is 24.5 Å². The minimum atomic E-state index is -0.380. The topological polar surface area (TPSA) is 59.6 Å². The van der Waals surface area contributed by atoms with Gasteiger partial charge in [-0.05, 0) is 38.5 Å². The molecule has 3 rings (SSSR count). The number of rotatable bonds is 4. The van der Waals surface area contributed by atoms with Gasteiger partial charge in [-0.1, -0.05) is 24.3 Å². The van der Waals surface area contributed by atoms with Gasteiger partial charge in [0.2, 0.25) is 0 Å². The van der Waals surface area contributed by atoms with Gasteiger partial charge in [-0.25, -0.2) is 0 Å². The lowest BCUT2D eigenvalue weighted by molar-refractivity contribution is 0.0934. The van der Waals surface area contributed by atoms with E-state index in [2.05, 4.69) is 10.6 Å². The maximum absolute atomic E-state index is 12.5. The Bertz CT molecular complexity index is 771. The van der Waals surface area contributed by atoms with Crippen molar-refractivity contribution >= 4 is 11.6 Å². The number of amides is 1. The van der Waals surface area contributed by atoms with Gasteiger partial charge in [0.15, 0.2) is 11.5 Å². The summed E-state index contributed by atoms with van der Waals surface area (Å²) in [5, 5.41) is 6.40. The zero-order valence-electron chi connectivity index (χ0n) is 14.3. The zero-order chi connectivity index (χ0) is 17.3. The molecule has 1 aliphatic rings. The number of hydrogen-bond donors (Lipinski definition) is 2. The maximum atomic E-state index is 12.5. The van der Waals surface area contributed by atoms with Crippen molar-refractivity contribution in [2.24, 2.45) is 0 Å². The van der Waals surface area contributed by atoms with E-state index in [4.69, 9.17) is 9.47 Å². The van der Waals surface area contributed by atoms with Gasteiger partial charge in [0.25, 0.3) is 5.91 Å². The Hall–Kier alpha value is -2.69. The lowest BCUT2D eigenvalue weighted by Gasteiger charge is -2.31. The number of para-hydroxylation sites is 2. The fraction of sp³-hybridized carbons (Fsp3) is 0.316. The van der Waals surface area contributed by atoms with Crippen LogP contribution in [0.4, 0.5) is 5.69 Å². The second kappa shape index (κ2) is 6.43. The van der Waals surface area contributed by atoms with Gasteiger partial charge in [-0.3, -0.25) is 4.79 Å². The average Bonchev–Trinajstić information content (AvgIpc) is 2.55. The molecule has 24 heavy (non-hydrogen) atoms. The first-order valence-electron chi connectivity index (χ1n) is 8.02. The molecule has 1 amide bonds. The molecule has 5 heteroatoms. The second-order valence-electron chi connectivity index (χ2n) is 6.09. The largest absolute Gasteiger partial charge is 0.493 e. The summed E-state index contributed by atoms with van der Waals surface area (Å²) in [6.45, 7) is 5.91. The van der Waals surface area contributed by atoms with Crippen LogP contribution in [0.2, 0.25) is 0 Å². The quantitative estimate of drug-likeness (QED) is 0.900. The molecule has 0 aliphatic carbocycles. The minimum Gasteiger partial charge on any atom is -0.493 e. The first kappa shape index (κ1) is 16.2. The van der Waals surface area contributed by atoms with Gasteiger partial charge in [-0.15, -0.1) is 0 Å². The van der Waals surface area contributed by atoms with E-state index in [0.717, 1.165) is 16.8 Å². The van der Waals surface area contributed by atoms with E-state index >= 15 is 0 Å². The Morgan fingerprint density at radius 1 is 1.08 bits per heavy atom. The predicted molar refractivity (Wildman–Crippen MR) is 93.8 cm³/mol. The summed E-state index contributed by atoms with van der Waals surface area (Å²) in [6.07, 6.45) is -0.386. The van der Waals surface area contributed by atoms with Crippen LogP contribution in [0.25, 0.3) is 0 Å². The van der Waals surface area contributed by atoms with Crippen molar-refractivity contribution in [1.82, 2.24) is 5.32 Å². The highest BCUT2D eigenvalue weighted by atomic mass is 16.5. The molecule has 5 nitrogen and oxygen atoms in total. The number of benzene rings is 2. The van der Waals surface area contributed by atoms with Crippen molar-refractivity contribution in [2.75, 3.05) is 12.4 Å². The number of anilines is 1. The van der Waals surface area contributed by atoms with Crippen molar-refractivity contribution in [3.8, 4) is 11.5 Å². The summed E-state index contributed by atoms with van der Waals surface area (Å²) in [5.41, 5.74) is 3.37. The Kier molecular flexibility index (Phi) is 4.34. The van der Waals surface area contributed by atoms with E-state index in [-0.39, 0.29) is 18.2 Å². The number of aryl methyl sites for hydroxylation is 1. The van der Waals surface area contributed by atoms with Crippen LogP contribution >= 0.6 is 0 Å². The maximum Gasteiger partial charge on any atom is 0.255 e. The SMILES string of the molecule is COc1cccc(C2NC(=O)c3cccc(C)c3N2)c1OC(C)C. The third-order valence-corrected chi connectivity index (χ3v) is 3.98. The Morgan fingerprint density at radius 2 is 1.83 bits per heavy atom. The van der Waals surface area contributed by atoms with Crippen molar-refractivity contribution < 1.29 is 14.3 Å². The molecule has 0 saturated heterocycles. The van der Waals surface area contributed by atoms with Crippen LogP contribution in [0.15, 0.2) is 36.4 Å². The summed E-state index contributed by atoms with van der Waals surface area (Å²) in [5.74, 6) is 1.19. The number of nitrogens with one attached hydrogen (secondary N) is 2. The smallest absolute Gasteiger partial charge is 0.255 e. The molecule has 1 aliphatic heterocycles. The zero-order valence-corrected chi connectivity index (χ0v) is 14.3. The molecule has 2 aromatic rings. The molecule has 0 spiro atoms. The fourth-order valence-corrected chi connectivity index (χ4v) is 2.88. The molecule has 1 atom stereocenters. The molecule has 0 bridgehead atoms. The van der Waals surface area contributed by atoms with Crippen LogP contribution in [0.3, 0.4) is 0 Å². The number of carbonyl (C=O) groups excluding carboxylic acids is 1. The lowest BCUT2D eigenvalue weighted by Crippen LogP contribution is -2.39. The molecule has 1 unspecified atom stereocenters. The third kappa shape index (κ3) is 2.89. The Labute approximate surface area is 142 Å². The molecule has 0 fully saturated rings. The average molecular weight is 326 g/mol. The van der Waals surface area contributed by atoms with E-state index in [0.29, 0.717) is 17.1 Å². The van der Waals surface area contributed by atoms with Crippen molar-refractivity contribution in [2.45, 2.75) is 33.0 Å². The van der Waals surface area contributed by atoms with Crippen LogP contribution in [0.1, 0.15) is 41.5 Å². The van der Waals surface area contributed by atoms with E-state index in [1.54, 1.807) is 7.11 Å². The summed E-state index contributed by atoms with van der Waals surface area (Å²) in [4.78, 5) is 12.5. The summed E-state index contributed by atoms with van der Waals surface area (Å²) < 4.78 is 11.4. The van der Waals surface area contributed by atoms with Crippen molar-refractivity contribution in [1.29, 1.82) is 0 Å². The molecular weight excluding hydrogens is 304 g/mol. The molecule has 2 aromatic carbocycles. The first-order valence-corrected chi connectivity index (χ1v) is 8.02. The number of ether oxygens (including phenoxy) is 2. The van der Waals surface area contributed by atoms with E-state index in [9.17, 15) is 4.79 Å². The summed E-state index contributed by atoms with van der Waals surface area (Å²) in [7, 11) is 1.61. The molecule has 2 N–H and O–H groups in total. The standard InChI is InChI=1S/C19H22N2O3/c1-11(2)24-17-14(9-6-10-15(17)23-4)18-20-16-12(3)7-5-8-13(16)19(22)21-18/h5-11,18,20H,1-4H3,(H,21,22). The molecular formula is C19H22N2O3. The van der Waals surface area contributed by atoms with Crippen LogP contribution in [-0.4, -0.2) is 19.1 Å². The normalized spacial score (nSPS) is 16.2. The lowest BCUT2D eigenvalue weighted by atomic mass is 10.0. The van der Waals surface area contributed by atoms with Crippen LogP contribution < -0.4 is 20.1 Å². The van der Waals surface area contributed by atoms with Crippen molar-refractivity contribution in [3.63, 3.8) is 0 Å². The molecule has 0 aromatic heterocycles. The highest BCUT2D eigenvalue weighted by Gasteiger charge is 2.28. The molecule has 0 saturated carbocycles. The van der Waals surface area contributed by atoms with E-state index in [1.807, 2.05) is 57.2 Å².